The first-order chi connectivity index (χ1) is 16.6. The van der Waals surface area contributed by atoms with Crippen molar-refractivity contribution in [1.82, 2.24) is 21.3 Å². The number of nitrogens with one attached hydrogen (secondary N) is 4. The zero-order valence-electron chi connectivity index (χ0n) is 21.9. The summed E-state index contributed by atoms with van der Waals surface area (Å²) in [6.07, 6.45) is 4.74. The Hall–Kier alpha value is -3.07. The van der Waals surface area contributed by atoms with Gasteiger partial charge in [-0.15, -0.1) is 0 Å². The third-order valence-electron chi connectivity index (χ3n) is 6.34. The van der Waals surface area contributed by atoms with Crippen LogP contribution < -0.4 is 30.7 Å². The summed E-state index contributed by atoms with van der Waals surface area (Å²) in [6.45, 7) is 7.84. The topological polar surface area (TPSA) is 118 Å². The van der Waals surface area contributed by atoms with Gasteiger partial charge in [0, 0.05) is 24.3 Å². The zero-order valence-corrected chi connectivity index (χ0v) is 21.9. The second kappa shape index (κ2) is 13.1. The second-order valence-corrected chi connectivity index (χ2v) is 9.36. The predicted octanol–water partition coefficient (Wildman–Crippen LogP) is 2.00. The Morgan fingerprint density at radius 3 is 2.26 bits per heavy atom. The van der Waals surface area contributed by atoms with Gasteiger partial charge in [0.2, 0.25) is 17.7 Å². The average molecular weight is 489 g/mol. The molecular weight excluding hydrogens is 448 g/mol. The molecule has 1 aromatic rings. The van der Waals surface area contributed by atoms with Crippen LogP contribution in [0, 0.1) is 11.8 Å². The molecule has 1 aliphatic heterocycles. The number of methoxy groups -OCH3 is 2. The van der Waals surface area contributed by atoms with E-state index in [1.807, 2.05) is 33.8 Å². The third-order valence-corrected chi connectivity index (χ3v) is 6.34. The van der Waals surface area contributed by atoms with Gasteiger partial charge >= 0.3 is 0 Å². The highest BCUT2D eigenvalue weighted by atomic mass is 16.5. The molecule has 1 aromatic carbocycles. The first-order valence-electron chi connectivity index (χ1n) is 12.1. The van der Waals surface area contributed by atoms with Crippen molar-refractivity contribution in [2.45, 2.75) is 65.1 Å². The number of hydrogen-bond donors (Lipinski definition) is 4. The smallest absolute Gasteiger partial charge is 0.246 e. The maximum absolute atomic E-state index is 13.3. The van der Waals surface area contributed by atoms with Crippen molar-refractivity contribution in [3.05, 3.63) is 29.5 Å². The molecule has 9 nitrogen and oxygen atoms in total. The summed E-state index contributed by atoms with van der Waals surface area (Å²) in [5.41, 5.74) is 1.50. The lowest BCUT2D eigenvalue weighted by molar-refractivity contribution is -0.133. The van der Waals surface area contributed by atoms with Gasteiger partial charge in [-0.05, 0) is 43.0 Å². The molecule has 0 unspecified atom stereocenters. The van der Waals surface area contributed by atoms with Crippen LogP contribution in [-0.2, 0) is 20.8 Å². The standard InChI is InChI=1S/C26H40N4O5/c1-8-16(4)23-26(33)29-20(11-15(2)3)24(31)28-10-9-17-12-18(13-19(27-5)25(32)30-23)22(35-7)14-21(17)34-6/h9-10,12,14-16,19-20,23,27H,8,11,13H2,1-7H3,(H,28,31)(H,29,33)(H,30,32)/b10-9+/t16-,19-,20-,23-/m0/s1. The minimum Gasteiger partial charge on any atom is -0.496 e. The van der Waals surface area contributed by atoms with Crippen molar-refractivity contribution in [3.8, 4) is 11.5 Å². The molecule has 2 bridgehead atoms. The van der Waals surface area contributed by atoms with Crippen LogP contribution in [0.15, 0.2) is 18.3 Å². The van der Waals surface area contributed by atoms with Gasteiger partial charge in [0.05, 0.1) is 20.3 Å². The number of amides is 3. The van der Waals surface area contributed by atoms with E-state index in [2.05, 4.69) is 21.3 Å². The Morgan fingerprint density at radius 1 is 1.00 bits per heavy atom. The lowest BCUT2D eigenvalue weighted by atomic mass is 9.95. The van der Waals surface area contributed by atoms with Gasteiger partial charge in [-0.1, -0.05) is 34.1 Å². The number of fused-ring (bicyclic) bond motifs is 2. The van der Waals surface area contributed by atoms with Gasteiger partial charge in [0.25, 0.3) is 0 Å². The highest BCUT2D eigenvalue weighted by molar-refractivity contribution is 5.93. The minimum absolute atomic E-state index is 0.128. The molecule has 0 spiro atoms. The monoisotopic (exact) mass is 488 g/mol. The number of hydrogen-bond acceptors (Lipinski definition) is 6. The Bertz CT molecular complexity index is 931. The maximum atomic E-state index is 13.3. The third kappa shape index (κ3) is 7.45. The molecule has 1 aliphatic rings. The summed E-state index contributed by atoms with van der Waals surface area (Å²) in [4.78, 5) is 39.6. The Balaban J connectivity index is 2.58. The quantitative estimate of drug-likeness (QED) is 0.466. The Morgan fingerprint density at radius 2 is 1.69 bits per heavy atom. The van der Waals surface area contributed by atoms with Gasteiger partial charge in [-0.2, -0.15) is 0 Å². The summed E-state index contributed by atoms with van der Waals surface area (Å²) in [5.74, 6) is 0.185. The van der Waals surface area contributed by atoms with E-state index < -0.39 is 18.1 Å². The van der Waals surface area contributed by atoms with E-state index >= 15 is 0 Å². The average Bonchev–Trinajstić information content (AvgIpc) is 2.83. The molecule has 1 heterocycles. The predicted molar refractivity (Wildman–Crippen MR) is 136 cm³/mol. The number of rotatable bonds is 7. The first kappa shape index (κ1) is 28.2. The van der Waals surface area contributed by atoms with Crippen LogP contribution >= 0.6 is 0 Å². The lowest BCUT2D eigenvalue weighted by Crippen LogP contribution is -2.58. The van der Waals surface area contributed by atoms with Crippen molar-refractivity contribution in [2.75, 3.05) is 21.3 Å². The van der Waals surface area contributed by atoms with Gasteiger partial charge in [-0.3, -0.25) is 14.4 Å². The van der Waals surface area contributed by atoms with Gasteiger partial charge in [0.1, 0.15) is 23.6 Å². The molecule has 0 saturated carbocycles. The zero-order chi connectivity index (χ0) is 26.1. The van der Waals surface area contributed by atoms with Crippen molar-refractivity contribution in [1.29, 1.82) is 0 Å². The van der Waals surface area contributed by atoms with Crippen LogP contribution in [0.3, 0.4) is 0 Å². The van der Waals surface area contributed by atoms with E-state index in [-0.39, 0.29) is 29.6 Å². The molecule has 0 aromatic heterocycles. The molecule has 3 amide bonds. The van der Waals surface area contributed by atoms with Crippen molar-refractivity contribution in [2.24, 2.45) is 11.8 Å². The summed E-state index contributed by atoms with van der Waals surface area (Å²) in [7, 11) is 4.82. The van der Waals surface area contributed by atoms with Crippen LogP contribution in [0.25, 0.3) is 6.08 Å². The van der Waals surface area contributed by atoms with Crippen LogP contribution in [-0.4, -0.2) is 57.1 Å². The summed E-state index contributed by atoms with van der Waals surface area (Å²) < 4.78 is 11.1. The van der Waals surface area contributed by atoms with Crippen molar-refractivity contribution >= 4 is 23.8 Å². The molecule has 194 valence electrons. The van der Waals surface area contributed by atoms with E-state index in [0.717, 1.165) is 11.1 Å². The Labute approximate surface area is 208 Å². The molecular formula is C26H40N4O5. The fourth-order valence-electron chi connectivity index (χ4n) is 4.06. The van der Waals surface area contributed by atoms with Gasteiger partial charge < -0.3 is 30.7 Å². The van der Waals surface area contributed by atoms with E-state index in [9.17, 15) is 14.4 Å². The lowest BCUT2D eigenvalue weighted by Gasteiger charge is -2.28. The highest BCUT2D eigenvalue weighted by Gasteiger charge is 2.32. The van der Waals surface area contributed by atoms with Crippen molar-refractivity contribution in [3.63, 3.8) is 0 Å². The van der Waals surface area contributed by atoms with Crippen LogP contribution in [0.2, 0.25) is 0 Å². The first-order valence-corrected chi connectivity index (χ1v) is 12.1. The van der Waals surface area contributed by atoms with E-state index in [1.54, 1.807) is 39.6 Å². The molecule has 0 saturated heterocycles. The molecule has 9 heteroatoms. The number of carbonyl (C=O) groups excluding carboxylic acids is 3. The molecule has 0 aliphatic carbocycles. The molecule has 0 radical (unpaired) electrons. The SMILES string of the molecule is CC[C@H](C)[C@@H]1NC(=O)[C@@H](NC)Cc2cc(c(OC)cc2OC)/C=C/NC(=O)[C@H](CC(C)C)NC1=O. The Kier molecular flexibility index (Phi) is 10.6. The normalized spacial score (nSPS) is 23.3. The van der Waals surface area contributed by atoms with Crippen LogP contribution in [0.1, 0.15) is 51.7 Å². The van der Waals surface area contributed by atoms with Gasteiger partial charge in [-0.25, -0.2) is 0 Å². The summed E-state index contributed by atoms with van der Waals surface area (Å²) >= 11 is 0. The van der Waals surface area contributed by atoms with Crippen molar-refractivity contribution < 1.29 is 23.9 Å². The number of carbonyl (C=O) groups is 3. The van der Waals surface area contributed by atoms with Crippen LogP contribution in [0.4, 0.5) is 0 Å². The molecule has 4 N–H and O–H groups in total. The summed E-state index contributed by atoms with van der Waals surface area (Å²) in [5, 5.41) is 11.6. The fourth-order valence-corrected chi connectivity index (χ4v) is 4.06. The molecule has 0 fully saturated rings. The number of ether oxygens (including phenoxy) is 2. The molecule has 35 heavy (non-hydrogen) atoms. The summed E-state index contributed by atoms with van der Waals surface area (Å²) in [6, 6.07) is 1.51. The number of benzene rings is 1. The highest BCUT2D eigenvalue weighted by Crippen LogP contribution is 2.31. The minimum atomic E-state index is -0.778. The van der Waals surface area contributed by atoms with E-state index in [1.165, 1.54) is 0 Å². The number of likely N-dealkylation sites (N-methyl/N-ethyl adjacent to an activating group) is 1. The van der Waals surface area contributed by atoms with E-state index in [0.29, 0.717) is 30.8 Å². The van der Waals surface area contributed by atoms with E-state index in [4.69, 9.17) is 9.47 Å². The van der Waals surface area contributed by atoms with Crippen LogP contribution in [0.5, 0.6) is 11.5 Å². The molecule has 4 atom stereocenters. The van der Waals surface area contributed by atoms with Gasteiger partial charge in [0.15, 0.2) is 0 Å². The largest absolute Gasteiger partial charge is 0.496 e. The molecule has 2 rings (SSSR count). The fraction of sp³-hybridized carbons (Fsp3) is 0.577. The second-order valence-electron chi connectivity index (χ2n) is 9.36. The maximum Gasteiger partial charge on any atom is 0.246 e.